The number of ether oxygens (including phenoxy) is 1. The fourth-order valence-corrected chi connectivity index (χ4v) is 2.69. The highest BCUT2D eigenvalue weighted by molar-refractivity contribution is 6.04. The van der Waals surface area contributed by atoms with Gasteiger partial charge in [0.2, 0.25) is 5.91 Å². The number of carboxylic acid groups (broad SMARTS) is 1. The average molecular weight is 338 g/mol. The Morgan fingerprint density at radius 1 is 1.20 bits per heavy atom. The summed E-state index contributed by atoms with van der Waals surface area (Å²) in [5.74, 6) is -0.727. The molecule has 3 rings (SSSR count). The molecule has 0 bridgehead atoms. The van der Waals surface area contributed by atoms with Crippen LogP contribution in [0.15, 0.2) is 60.7 Å². The first kappa shape index (κ1) is 16.6. The quantitative estimate of drug-likeness (QED) is 0.838. The monoisotopic (exact) mass is 338 g/mol. The van der Waals surface area contributed by atoms with Gasteiger partial charge in [0.25, 0.3) is 0 Å². The summed E-state index contributed by atoms with van der Waals surface area (Å²) in [6.45, 7) is 0.618. The Hall–Kier alpha value is -3.28. The molecule has 0 aromatic heterocycles. The lowest BCUT2D eigenvalue weighted by Crippen LogP contribution is -2.36. The van der Waals surface area contributed by atoms with Gasteiger partial charge in [-0.15, -0.1) is 0 Å². The van der Waals surface area contributed by atoms with Crippen LogP contribution in [-0.2, 0) is 4.79 Å². The summed E-state index contributed by atoms with van der Waals surface area (Å²) in [7, 11) is 1.96. The van der Waals surface area contributed by atoms with E-state index in [1.54, 1.807) is 24.3 Å². The topological polar surface area (TPSA) is 78.9 Å². The smallest absolute Gasteiger partial charge is 0.337 e. The zero-order valence-electron chi connectivity index (χ0n) is 13.7. The van der Waals surface area contributed by atoms with Gasteiger partial charge in [0.05, 0.1) is 23.5 Å². The molecule has 2 N–H and O–H groups in total. The van der Waals surface area contributed by atoms with Gasteiger partial charge in [-0.1, -0.05) is 24.3 Å². The maximum absolute atomic E-state index is 12.1. The van der Waals surface area contributed by atoms with E-state index in [4.69, 9.17) is 9.84 Å². The van der Waals surface area contributed by atoms with E-state index in [1.165, 1.54) is 12.1 Å². The number of carbonyl (C=O) groups is 2. The molecule has 1 amide bonds. The molecule has 0 fully saturated rings. The van der Waals surface area contributed by atoms with E-state index in [9.17, 15) is 9.59 Å². The number of benzene rings is 2. The number of amides is 1. The van der Waals surface area contributed by atoms with E-state index in [1.807, 2.05) is 31.3 Å². The zero-order chi connectivity index (χ0) is 17.8. The number of likely N-dealkylation sites (N-methyl/N-ethyl adjacent to an activating group) is 1. The average Bonchev–Trinajstić information content (AvgIpc) is 2.60. The van der Waals surface area contributed by atoms with Gasteiger partial charge in [-0.3, -0.25) is 4.79 Å². The molecule has 0 spiro atoms. The molecule has 6 nitrogen and oxygen atoms in total. The Morgan fingerprint density at radius 2 is 1.92 bits per heavy atom. The Balaban J connectivity index is 1.67. The molecule has 0 aliphatic carbocycles. The molecule has 2 aromatic rings. The van der Waals surface area contributed by atoms with Crippen molar-refractivity contribution in [2.45, 2.75) is 6.10 Å². The normalized spacial score (nSPS) is 16.2. The third kappa shape index (κ3) is 3.80. The van der Waals surface area contributed by atoms with Crippen LogP contribution in [0.2, 0.25) is 0 Å². The second-order valence-electron chi connectivity index (χ2n) is 5.70. The first-order chi connectivity index (χ1) is 12.0. The van der Waals surface area contributed by atoms with E-state index in [-0.39, 0.29) is 17.4 Å². The molecule has 1 unspecified atom stereocenters. The van der Waals surface area contributed by atoms with Crippen molar-refractivity contribution in [3.8, 4) is 5.75 Å². The summed E-state index contributed by atoms with van der Waals surface area (Å²) in [5.41, 5.74) is 1.32. The maximum atomic E-state index is 12.1. The molecule has 0 radical (unpaired) electrons. The lowest BCUT2D eigenvalue weighted by Gasteiger charge is -2.32. The summed E-state index contributed by atoms with van der Waals surface area (Å²) in [6, 6.07) is 14.0. The molecule has 6 heteroatoms. The van der Waals surface area contributed by atoms with Crippen LogP contribution in [0.3, 0.4) is 0 Å². The first-order valence-corrected chi connectivity index (χ1v) is 7.83. The Labute approximate surface area is 145 Å². The van der Waals surface area contributed by atoms with Crippen molar-refractivity contribution in [2.75, 3.05) is 23.8 Å². The van der Waals surface area contributed by atoms with E-state index in [2.05, 4.69) is 10.2 Å². The second kappa shape index (κ2) is 7.09. The molecule has 0 saturated carbocycles. The van der Waals surface area contributed by atoms with E-state index in [0.29, 0.717) is 6.54 Å². The summed E-state index contributed by atoms with van der Waals surface area (Å²) in [5, 5.41) is 11.7. The van der Waals surface area contributed by atoms with Crippen LogP contribution in [0.4, 0.5) is 11.4 Å². The maximum Gasteiger partial charge on any atom is 0.337 e. The third-order valence-corrected chi connectivity index (χ3v) is 3.89. The van der Waals surface area contributed by atoms with Crippen LogP contribution in [-0.4, -0.2) is 36.7 Å². The fourth-order valence-electron chi connectivity index (χ4n) is 2.69. The number of rotatable bonds is 4. The second-order valence-corrected chi connectivity index (χ2v) is 5.70. The number of hydrogen-bond acceptors (Lipinski definition) is 4. The van der Waals surface area contributed by atoms with Gasteiger partial charge < -0.3 is 20.1 Å². The van der Waals surface area contributed by atoms with Crippen LogP contribution in [0.1, 0.15) is 10.4 Å². The van der Waals surface area contributed by atoms with E-state index >= 15 is 0 Å². The standard InChI is InChI=1S/C19H18N2O4/c1-21-12-13(25-17-9-5-4-8-16(17)21)10-11-18(22)20-15-7-3-2-6-14(15)19(23)24/h2-11,13H,12H2,1H3,(H,20,22)(H,23,24)/b11-10+. The Bertz CT molecular complexity index is 832. The van der Waals surface area contributed by atoms with Gasteiger partial charge >= 0.3 is 5.97 Å². The van der Waals surface area contributed by atoms with Gasteiger partial charge in [-0.2, -0.15) is 0 Å². The van der Waals surface area contributed by atoms with Crippen molar-refractivity contribution in [3.63, 3.8) is 0 Å². The van der Waals surface area contributed by atoms with Crippen molar-refractivity contribution in [3.05, 3.63) is 66.2 Å². The molecule has 1 aliphatic rings. The number of fused-ring (bicyclic) bond motifs is 1. The number of para-hydroxylation sites is 3. The highest BCUT2D eigenvalue weighted by Gasteiger charge is 2.21. The van der Waals surface area contributed by atoms with Crippen LogP contribution < -0.4 is 15.0 Å². The van der Waals surface area contributed by atoms with E-state index in [0.717, 1.165) is 11.4 Å². The minimum Gasteiger partial charge on any atom is -0.482 e. The van der Waals surface area contributed by atoms with Crippen molar-refractivity contribution >= 4 is 23.3 Å². The van der Waals surface area contributed by atoms with Gasteiger partial charge in [-0.25, -0.2) is 4.79 Å². The molecule has 25 heavy (non-hydrogen) atoms. The van der Waals surface area contributed by atoms with Crippen LogP contribution in [0.25, 0.3) is 0 Å². The number of anilines is 2. The van der Waals surface area contributed by atoms with Gasteiger partial charge in [0.15, 0.2) is 0 Å². The van der Waals surface area contributed by atoms with Crippen molar-refractivity contribution in [1.29, 1.82) is 0 Å². The first-order valence-electron chi connectivity index (χ1n) is 7.83. The number of carboxylic acids is 1. The molecule has 1 heterocycles. The van der Waals surface area contributed by atoms with Gasteiger partial charge in [0, 0.05) is 13.1 Å². The third-order valence-electron chi connectivity index (χ3n) is 3.89. The predicted octanol–water partition coefficient (Wildman–Crippen LogP) is 2.78. The molecule has 2 aromatic carbocycles. The van der Waals surface area contributed by atoms with Crippen molar-refractivity contribution in [1.82, 2.24) is 0 Å². The number of carbonyl (C=O) groups excluding carboxylic acids is 1. The highest BCUT2D eigenvalue weighted by Crippen LogP contribution is 2.32. The van der Waals surface area contributed by atoms with Gasteiger partial charge in [-0.05, 0) is 30.3 Å². The number of nitrogens with zero attached hydrogens (tertiary/aromatic N) is 1. The van der Waals surface area contributed by atoms with Crippen LogP contribution >= 0.6 is 0 Å². The number of aromatic carboxylic acids is 1. The zero-order valence-corrected chi connectivity index (χ0v) is 13.7. The minimum absolute atomic E-state index is 0.0480. The summed E-state index contributed by atoms with van der Waals surface area (Å²) < 4.78 is 5.86. The molecule has 128 valence electrons. The lowest BCUT2D eigenvalue weighted by atomic mass is 10.1. The molecule has 1 aliphatic heterocycles. The molecular formula is C19H18N2O4. The van der Waals surface area contributed by atoms with Crippen molar-refractivity contribution < 1.29 is 19.4 Å². The number of nitrogens with one attached hydrogen (secondary N) is 1. The molecule has 0 saturated heterocycles. The SMILES string of the molecule is CN1CC(/C=C/C(=O)Nc2ccccc2C(=O)O)Oc2ccccc21. The van der Waals surface area contributed by atoms with E-state index < -0.39 is 11.9 Å². The molecular weight excluding hydrogens is 320 g/mol. The minimum atomic E-state index is -1.09. The predicted molar refractivity (Wildman–Crippen MR) is 95.3 cm³/mol. The number of hydrogen-bond donors (Lipinski definition) is 2. The van der Waals surface area contributed by atoms with Gasteiger partial charge in [0.1, 0.15) is 11.9 Å². The fraction of sp³-hybridized carbons (Fsp3) is 0.158. The highest BCUT2D eigenvalue weighted by atomic mass is 16.5. The summed E-state index contributed by atoms with van der Waals surface area (Å²) >= 11 is 0. The Morgan fingerprint density at radius 3 is 2.72 bits per heavy atom. The summed E-state index contributed by atoms with van der Waals surface area (Å²) in [6.07, 6.45) is 2.77. The van der Waals surface area contributed by atoms with Crippen LogP contribution in [0.5, 0.6) is 5.75 Å². The Kier molecular flexibility index (Phi) is 4.70. The largest absolute Gasteiger partial charge is 0.482 e. The summed E-state index contributed by atoms with van der Waals surface area (Å²) in [4.78, 5) is 25.3. The van der Waals surface area contributed by atoms with Crippen LogP contribution in [0, 0.1) is 0 Å². The molecule has 1 atom stereocenters. The lowest BCUT2D eigenvalue weighted by molar-refractivity contribution is -0.112. The van der Waals surface area contributed by atoms with Crippen molar-refractivity contribution in [2.24, 2.45) is 0 Å².